The fourth-order valence-corrected chi connectivity index (χ4v) is 5.71. The van der Waals surface area contributed by atoms with E-state index in [4.69, 9.17) is 0 Å². The van der Waals surface area contributed by atoms with Crippen molar-refractivity contribution in [3.8, 4) is 0 Å². The van der Waals surface area contributed by atoms with Crippen molar-refractivity contribution in [1.29, 1.82) is 0 Å². The molecule has 0 unspecified atom stereocenters. The second kappa shape index (κ2) is 8.62. The molecule has 5 nitrogen and oxygen atoms in total. The number of nitrogens with zero attached hydrogens (tertiary/aromatic N) is 2. The van der Waals surface area contributed by atoms with E-state index in [9.17, 15) is 8.42 Å². The normalized spacial score (nSPS) is 20.9. The van der Waals surface area contributed by atoms with E-state index in [1.54, 1.807) is 16.4 Å². The van der Waals surface area contributed by atoms with Gasteiger partial charge in [0, 0.05) is 19.1 Å². The van der Waals surface area contributed by atoms with Crippen LogP contribution in [0.2, 0.25) is 0 Å². The van der Waals surface area contributed by atoms with Gasteiger partial charge in [-0.2, -0.15) is 4.31 Å². The zero-order valence-electron chi connectivity index (χ0n) is 15.3. The van der Waals surface area contributed by atoms with Gasteiger partial charge in [0.2, 0.25) is 10.0 Å². The number of sulfonamides is 1. The molecule has 1 aromatic rings. The van der Waals surface area contributed by atoms with E-state index >= 15 is 0 Å². The zero-order chi connectivity index (χ0) is 17.7. The molecule has 0 aromatic heterocycles. The average Bonchev–Trinajstić information content (AvgIpc) is 2.63. The lowest BCUT2D eigenvalue weighted by Crippen LogP contribution is -2.49. The minimum Gasteiger partial charge on any atom is -0.317 e. The van der Waals surface area contributed by atoms with Crippen LogP contribution < -0.4 is 5.32 Å². The summed E-state index contributed by atoms with van der Waals surface area (Å²) in [6.07, 6.45) is 5.56. The maximum absolute atomic E-state index is 13.3. The van der Waals surface area contributed by atoms with Crippen molar-refractivity contribution in [1.82, 2.24) is 14.5 Å². The van der Waals surface area contributed by atoms with Crippen LogP contribution in [-0.4, -0.2) is 62.9 Å². The highest BCUT2D eigenvalue weighted by Gasteiger charge is 2.32. The first kappa shape index (κ1) is 18.8. The number of benzene rings is 1. The molecule has 2 saturated heterocycles. The van der Waals surface area contributed by atoms with Crippen LogP contribution in [0, 0.1) is 6.92 Å². The van der Waals surface area contributed by atoms with Crippen molar-refractivity contribution in [2.75, 3.05) is 39.3 Å². The lowest BCUT2D eigenvalue weighted by Gasteiger charge is -2.36. The average molecular weight is 366 g/mol. The number of piperidine rings is 2. The molecular weight excluding hydrogens is 334 g/mol. The molecule has 2 aliphatic heterocycles. The number of hydrogen-bond acceptors (Lipinski definition) is 4. The van der Waals surface area contributed by atoms with Crippen LogP contribution in [0.1, 0.15) is 37.7 Å². The SMILES string of the molecule is Cc1cccc(S(=O)(=O)N(CCN2CCCCC2)C2CCNCC2)c1. The Balaban J connectivity index is 1.79. The quantitative estimate of drug-likeness (QED) is 0.840. The van der Waals surface area contributed by atoms with E-state index in [1.165, 1.54) is 19.3 Å². The summed E-state index contributed by atoms with van der Waals surface area (Å²) in [7, 11) is -3.45. The van der Waals surface area contributed by atoms with Gasteiger partial charge in [0.1, 0.15) is 0 Å². The van der Waals surface area contributed by atoms with Crippen molar-refractivity contribution < 1.29 is 8.42 Å². The van der Waals surface area contributed by atoms with E-state index < -0.39 is 10.0 Å². The number of hydrogen-bond donors (Lipinski definition) is 1. The van der Waals surface area contributed by atoms with Crippen LogP contribution in [0.25, 0.3) is 0 Å². The highest BCUT2D eigenvalue weighted by Crippen LogP contribution is 2.23. The van der Waals surface area contributed by atoms with Crippen molar-refractivity contribution in [3.63, 3.8) is 0 Å². The third-order valence-corrected chi connectivity index (χ3v) is 7.35. The smallest absolute Gasteiger partial charge is 0.243 e. The Hall–Kier alpha value is -0.950. The zero-order valence-corrected chi connectivity index (χ0v) is 16.1. The molecule has 0 spiro atoms. The summed E-state index contributed by atoms with van der Waals surface area (Å²) in [5.74, 6) is 0. The van der Waals surface area contributed by atoms with Crippen LogP contribution in [0.15, 0.2) is 29.2 Å². The summed E-state index contributed by atoms with van der Waals surface area (Å²) < 4.78 is 28.5. The van der Waals surface area contributed by atoms with Gasteiger partial charge < -0.3 is 10.2 Å². The third kappa shape index (κ3) is 4.82. The van der Waals surface area contributed by atoms with Gasteiger partial charge in [-0.1, -0.05) is 18.6 Å². The molecule has 1 aromatic carbocycles. The molecule has 25 heavy (non-hydrogen) atoms. The molecule has 0 bridgehead atoms. The van der Waals surface area contributed by atoms with Gasteiger partial charge in [-0.05, 0) is 76.5 Å². The van der Waals surface area contributed by atoms with Crippen molar-refractivity contribution in [2.24, 2.45) is 0 Å². The fraction of sp³-hybridized carbons (Fsp3) is 0.684. The Morgan fingerprint density at radius 3 is 2.56 bits per heavy atom. The summed E-state index contributed by atoms with van der Waals surface area (Å²) in [5.41, 5.74) is 0.988. The molecule has 2 heterocycles. The van der Waals surface area contributed by atoms with Crippen LogP contribution >= 0.6 is 0 Å². The molecule has 3 rings (SSSR count). The summed E-state index contributed by atoms with van der Waals surface area (Å²) in [5, 5.41) is 3.34. The first-order valence-corrected chi connectivity index (χ1v) is 11.0. The monoisotopic (exact) mass is 365 g/mol. The van der Waals surface area contributed by atoms with Crippen molar-refractivity contribution in [2.45, 2.75) is 50.0 Å². The van der Waals surface area contributed by atoms with E-state index in [0.29, 0.717) is 11.4 Å². The highest BCUT2D eigenvalue weighted by molar-refractivity contribution is 7.89. The van der Waals surface area contributed by atoms with Gasteiger partial charge in [0.05, 0.1) is 4.90 Å². The standard InChI is InChI=1S/C19H31N3O2S/c1-17-6-5-7-19(16-17)25(23,24)22(18-8-10-20-11-9-18)15-14-21-12-3-2-4-13-21/h5-7,16,18,20H,2-4,8-15H2,1H3. The van der Waals surface area contributed by atoms with Gasteiger partial charge >= 0.3 is 0 Å². The number of likely N-dealkylation sites (tertiary alicyclic amines) is 1. The van der Waals surface area contributed by atoms with Crippen LogP contribution in [0.4, 0.5) is 0 Å². The first-order chi connectivity index (χ1) is 12.1. The van der Waals surface area contributed by atoms with Gasteiger partial charge in [-0.3, -0.25) is 0 Å². The lowest BCUT2D eigenvalue weighted by molar-refractivity contribution is 0.188. The van der Waals surface area contributed by atoms with E-state index in [1.807, 2.05) is 19.1 Å². The highest BCUT2D eigenvalue weighted by atomic mass is 32.2. The molecule has 6 heteroatoms. The van der Waals surface area contributed by atoms with Gasteiger partial charge in [-0.15, -0.1) is 0 Å². The predicted molar refractivity (Wildman–Crippen MR) is 101 cm³/mol. The first-order valence-electron chi connectivity index (χ1n) is 9.59. The molecular formula is C19H31N3O2S. The summed E-state index contributed by atoms with van der Waals surface area (Å²) in [4.78, 5) is 2.85. The molecule has 2 fully saturated rings. The van der Waals surface area contributed by atoms with Crippen LogP contribution in [0.3, 0.4) is 0 Å². The number of aryl methyl sites for hydroxylation is 1. The van der Waals surface area contributed by atoms with E-state index in [-0.39, 0.29) is 6.04 Å². The van der Waals surface area contributed by atoms with Crippen molar-refractivity contribution >= 4 is 10.0 Å². The molecule has 2 aliphatic rings. The van der Waals surface area contributed by atoms with E-state index in [0.717, 1.165) is 51.1 Å². The number of nitrogens with one attached hydrogen (secondary N) is 1. The van der Waals surface area contributed by atoms with Gasteiger partial charge in [0.25, 0.3) is 0 Å². The number of rotatable bonds is 6. The minimum atomic E-state index is -3.45. The predicted octanol–water partition coefficient (Wildman–Crippen LogP) is 2.22. The lowest BCUT2D eigenvalue weighted by atomic mass is 10.1. The molecule has 0 aliphatic carbocycles. The van der Waals surface area contributed by atoms with Crippen LogP contribution in [0.5, 0.6) is 0 Å². The summed E-state index contributed by atoms with van der Waals surface area (Å²) >= 11 is 0. The second-order valence-electron chi connectivity index (χ2n) is 7.32. The minimum absolute atomic E-state index is 0.108. The van der Waals surface area contributed by atoms with Crippen molar-refractivity contribution in [3.05, 3.63) is 29.8 Å². The molecule has 0 radical (unpaired) electrons. The Labute approximate surface area is 152 Å². The summed E-state index contributed by atoms with van der Waals surface area (Å²) in [6, 6.07) is 7.42. The van der Waals surface area contributed by atoms with Gasteiger partial charge in [0.15, 0.2) is 0 Å². The second-order valence-corrected chi connectivity index (χ2v) is 9.21. The Morgan fingerprint density at radius 2 is 1.88 bits per heavy atom. The molecule has 0 amide bonds. The maximum Gasteiger partial charge on any atom is 0.243 e. The summed E-state index contributed by atoms with van der Waals surface area (Å²) in [6.45, 7) is 7.38. The topological polar surface area (TPSA) is 52.7 Å². The molecule has 140 valence electrons. The van der Waals surface area contributed by atoms with Gasteiger partial charge in [-0.25, -0.2) is 8.42 Å². The Morgan fingerprint density at radius 1 is 1.16 bits per heavy atom. The maximum atomic E-state index is 13.3. The van der Waals surface area contributed by atoms with Crippen LogP contribution in [-0.2, 0) is 10.0 Å². The third-order valence-electron chi connectivity index (χ3n) is 5.40. The molecule has 0 saturated carbocycles. The van der Waals surface area contributed by atoms with E-state index in [2.05, 4.69) is 10.2 Å². The Bertz CT molecular complexity index is 650. The fourth-order valence-electron chi connectivity index (χ4n) is 3.93. The molecule has 0 atom stereocenters. The largest absolute Gasteiger partial charge is 0.317 e. The Kier molecular flexibility index (Phi) is 6.49. The molecule has 1 N–H and O–H groups in total.